The highest BCUT2D eigenvalue weighted by molar-refractivity contribution is 7.92. The number of rotatable bonds is 8. The van der Waals surface area contributed by atoms with Crippen LogP contribution < -0.4 is 10.1 Å². The molecule has 1 aliphatic rings. The summed E-state index contributed by atoms with van der Waals surface area (Å²) < 4.78 is 31.0. The molecule has 1 aromatic heterocycles. The van der Waals surface area contributed by atoms with Gasteiger partial charge in [-0.15, -0.1) is 11.3 Å². The van der Waals surface area contributed by atoms with Gasteiger partial charge in [-0.05, 0) is 61.4 Å². The minimum Gasteiger partial charge on any atom is -0.486 e. The number of halogens is 1. The Balaban J connectivity index is 1.29. The number of amides is 1. The summed E-state index contributed by atoms with van der Waals surface area (Å²) in [5, 5.41) is 5.75. The van der Waals surface area contributed by atoms with Crippen molar-refractivity contribution < 1.29 is 17.9 Å². The molecule has 1 N–H and O–H groups in total. The number of aromatic nitrogens is 1. The number of carbonyl (C=O) groups excluding carboxylic acids is 1. The number of sulfone groups is 1. The maximum Gasteiger partial charge on any atom is 0.230 e. The molecule has 3 aromatic rings. The van der Waals surface area contributed by atoms with Crippen LogP contribution in [0.1, 0.15) is 36.4 Å². The molecule has 0 aliphatic heterocycles. The van der Waals surface area contributed by atoms with Gasteiger partial charge in [-0.2, -0.15) is 0 Å². The quantitative estimate of drug-likeness (QED) is 0.464. The molecule has 6 nitrogen and oxygen atoms in total. The molecule has 0 unspecified atom stereocenters. The van der Waals surface area contributed by atoms with Crippen LogP contribution in [-0.4, -0.2) is 24.6 Å². The summed E-state index contributed by atoms with van der Waals surface area (Å²) in [6.45, 7) is 0.310. The van der Waals surface area contributed by atoms with Crippen LogP contribution in [0.3, 0.4) is 0 Å². The van der Waals surface area contributed by atoms with Crippen LogP contribution in [0.4, 0.5) is 5.69 Å². The lowest BCUT2D eigenvalue weighted by molar-refractivity contribution is -0.115. The Morgan fingerprint density at radius 2 is 1.78 bits per heavy atom. The van der Waals surface area contributed by atoms with E-state index in [0.717, 1.165) is 30.7 Å². The molecule has 0 atom stereocenters. The molecule has 0 spiro atoms. The predicted octanol–water partition coefficient (Wildman–Crippen LogP) is 5.27. The number of nitrogens with zero attached hydrogens (tertiary/aromatic N) is 1. The average Bonchev–Trinajstić information content (AvgIpc) is 3.46. The van der Waals surface area contributed by atoms with Crippen LogP contribution in [0, 0.1) is 0 Å². The summed E-state index contributed by atoms with van der Waals surface area (Å²) in [5.41, 5.74) is 1.21. The Morgan fingerprint density at radius 3 is 2.47 bits per heavy atom. The molecule has 1 amide bonds. The van der Waals surface area contributed by atoms with Gasteiger partial charge in [0.25, 0.3) is 0 Å². The van der Waals surface area contributed by atoms with E-state index in [4.69, 9.17) is 16.3 Å². The summed E-state index contributed by atoms with van der Waals surface area (Å²) >= 11 is 7.29. The maximum atomic E-state index is 12.7. The van der Waals surface area contributed by atoms with Gasteiger partial charge < -0.3 is 10.1 Å². The second-order valence-corrected chi connectivity index (χ2v) is 11.3. The van der Waals surface area contributed by atoms with Crippen molar-refractivity contribution in [2.75, 3.05) is 5.32 Å². The zero-order valence-electron chi connectivity index (χ0n) is 17.3. The van der Waals surface area contributed by atoms with Gasteiger partial charge in [0.2, 0.25) is 5.91 Å². The standard InChI is InChI=1S/C23H23ClN2O4S2/c24-16-5-9-19(10-6-16)30-14-23-26-18(15-31-23)13-22(27)25-17-7-11-21(12-8-17)32(28,29)20-3-1-2-4-20/h5-12,15,20H,1-4,13-14H2,(H,25,27). The highest BCUT2D eigenvalue weighted by Gasteiger charge is 2.30. The number of nitrogens with one attached hydrogen (secondary N) is 1. The molecule has 1 saturated carbocycles. The lowest BCUT2D eigenvalue weighted by Gasteiger charge is -2.12. The minimum atomic E-state index is -3.30. The highest BCUT2D eigenvalue weighted by atomic mass is 35.5. The van der Waals surface area contributed by atoms with E-state index in [2.05, 4.69) is 10.3 Å². The normalized spacial score (nSPS) is 14.4. The second-order valence-electron chi connectivity index (χ2n) is 7.68. The lowest BCUT2D eigenvalue weighted by atomic mass is 10.3. The van der Waals surface area contributed by atoms with Gasteiger partial charge in [0.15, 0.2) is 9.84 Å². The van der Waals surface area contributed by atoms with Crippen LogP contribution in [0.2, 0.25) is 5.02 Å². The lowest BCUT2D eigenvalue weighted by Crippen LogP contribution is -2.18. The van der Waals surface area contributed by atoms with Crippen LogP contribution >= 0.6 is 22.9 Å². The van der Waals surface area contributed by atoms with Crippen molar-refractivity contribution in [3.8, 4) is 5.75 Å². The molecule has 1 aliphatic carbocycles. The summed E-state index contributed by atoms with van der Waals surface area (Å²) in [7, 11) is -3.30. The Kier molecular flexibility index (Phi) is 7.13. The number of thiazole rings is 1. The molecular formula is C23H23ClN2O4S2. The highest BCUT2D eigenvalue weighted by Crippen LogP contribution is 2.30. The Hall–Kier alpha value is -2.42. The number of hydrogen-bond acceptors (Lipinski definition) is 6. The van der Waals surface area contributed by atoms with Crippen LogP contribution in [0.15, 0.2) is 58.8 Å². The molecule has 1 heterocycles. The van der Waals surface area contributed by atoms with Crippen LogP contribution in [0.5, 0.6) is 5.75 Å². The second kappa shape index (κ2) is 10.0. The van der Waals surface area contributed by atoms with Crippen molar-refractivity contribution >= 4 is 44.4 Å². The van der Waals surface area contributed by atoms with E-state index in [-0.39, 0.29) is 17.6 Å². The number of hydrogen-bond donors (Lipinski definition) is 1. The van der Waals surface area contributed by atoms with E-state index in [0.29, 0.717) is 33.7 Å². The number of benzene rings is 2. The Morgan fingerprint density at radius 1 is 1.09 bits per heavy atom. The summed E-state index contributed by atoms with van der Waals surface area (Å²) in [6.07, 6.45) is 3.50. The number of anilines is 1. The zero-order chi connectivity index (χ0) is 22.6. The summed E-state index contributed by atoms with van der Waals surface area (Å²) in [5.74, 6) is 0.481. The molecule has 0 bridgehead atoms. The third kappa shape index (κ3) is 5.68. The van der Waals surface area contributed by atoms with E-state index in [9.17, 15) is 13.2 Å². The zero-order valence-corrected chi connectivity index (χ0v) is 19.7. The monoisotopic (exact) mass is 490 g/mol. The SMILES string of the molecule is O=C(Cc1csc(COc2ccc(Cl)cc2)n1)Nc1ccc(S(=O)(=O)C2CCCC2)cc1. The summed E-state index contributed by atoms with van der Waals surface area (Å²) in [6, 6.07) is 13.5. The first-order valence-corrected chi connectivity index (χ1v) is 13.2. The first kappa shape index (κ1) is 22.8. The number of ether oxygens (including phenoxy) is 1. The van der Waals surface area contributed by atoms with Gasteiger partial charge in [0.05, 0.1) is 22.3 Å². The van der Waals surface area contributed by atoms with Gasteiger partial charge in [0, 0.05) is 16.1 Å². The molecule has 9 heteroatoms. The largest absolute Gasteiger partial charge is 0.486 e. The minimum absolute atomic E-state index is 0.125. The van der Waals surface area contributed by atoms with E-state index < -0.39 is 9.84 Å². The molecular weight excluding hydrogens is 468 g/mol. The van der Waals surface area contributed by atoms with Crippen molar-refractivity contribution in [1.29, 1.82) is 0 Å². The van der Waals surface area contributed by atoms with Crippen molar-refractivity contribution in [1.82, 2.24) is 4.98 Å². The maximum absolute atomic E-state index is 12.7. The van der Waals surface area contributed by atoms with Gasteiger partial charge in [-0.1, -0.05) is 24.4 Å². The van der Waals surface area contributed by atoms with Gasteiger partial charge >= 0.3 is 0 Å². The van der Waals surface area contributed by atoms with E-state index in [1.54, 1.807) is 48.5 Å². The Labute approximate surface area is 196 Å². The van der Waals surface area contributed by atoms with Gasteiger partial charge in [0.1, 0.15) is 17.4 Å². The topological polar surface area (TPSA) is 85.4 Å². The van der Waals surface area contributed by atoms with E-state index >= 15 is 0 Å². The third-order valence-electron chi connectivity index (χ3n) is 5.32. The predicted molar refractivity (Wildman–Crippen MR) is 126 cm³/mol. The molecule has 168 valence electrons. The van der Waals surface area contributed by atoms with Crippen molar-refractivity contribution in [2.45, 2.75) is 48.9 Å². The van der Waals surface area contributed by atoms with E-state index in [1.807, 2.05) is 5.38 Å². The first-order valence-electron chi connectivity index (χ1n) is 10.4. The smallest absolute Gasteiger partial charge is 0.230 e. The molecule has 32 heavy (non-hydrogen) atoms. The van der Waals surface area contributed by atoms with Gasteiger partial charge in [-0.3, -0.25) is 4.79 Å². The Bertz CT molecular complexity index is 1170. The fourth-order valence-electron chi connectivity index (χ4n) is 3.66. The fraction of sp³-hybridized carbons (Fsp3) is 0.304. The van der Waals surface area contributed by atoms with Gasteiger partial charge in [-0.25, -0.2) is 13.4 Å². The fourth-order valence-corrected chi connectivity index (χ4v) is 6.35. The van der Waals surface area contributed by atoms with E-state index in [1.165, 1.54) is 11.3 Å². The number of carbonyl (C=O) groups is 1. The molecule has 4 rings (SSSR count). The average molecular weight is 491 g/mol. The molecule has 1 fully saturated rings. The van der Waals surface area contributed by atoms with Crippen molar-refractivity contribution in [3.63, 3.8) is 0 Å². The first-order chi connectivity index (χ1) is 15.4. The third-order valence-corrected chi connectivity index (χ3v) is 8.73. The summed E-state index contributed by atoms with van der Waals surface area (Å²) in [4.78, 5) is 17.1. The van der Waals surface area contributed by atoms with Crippen LogP contribution in [-0.2, 0) is 27.7 Å². The molecule has 2 aromatic carbocycles. The van der Waals surface area contributed by atoms with Crippen molar-refractivity contribution in [2.24, 2.45) is 0 Å². The van der Waals surface area contributed by atoms with Crippen molar-refractivity contribution in [3.05, 3.63) is 69.6 Å². The molecule has 0 radical (unpaired) electrons. The van der Waals surface area contributed by atoms with Crippen LogP contribution in [0.25, 0.3) is 0 Å². The molecule has 0 saturated heterocycles.